The molecule has 4 saturated carbocycles. The largest absolute Gasteiger partial charge is 0.349 e. The number of carbonyl (C=O) groups excluding carboxylic acids is 1. The lowest BCUT2D eigenvalue weighted by Crippen LogP contribution is -2.55. The van der Waals surface area contributed by atoms with Gasteiger partial charge in [-0.1, -0.05) is 22.0 Å². The van der Waals surface area contributed by atoms with E-state index < -0.39 is 0 Å². The fraction of sp³-hybridized carbons (Fsp3) is 0.400. The van der Waals surface area contributed by atoms with Gasteiger partial charge in [0.05, 0.1) is 22.5 Å². The minimum Gasteiger partial charge on any atom is -0.349 e. The third kappa shape index (κ3) is 3.15. The molecule has 4 aliphatic rings. The molecule has 30 heavy (non-hydrogen) atoms. The minimum absolute atomic E-state index is 0.0233. The summed E-state index contributed by atoms with van der Waals surface area (Å²) in [7, 11) is 0. The number of amides is 1. The number of halogens is 1. The summed E-state index contributed by atoms with van der Waals surface area (Å²) in [5.41, 5.74) is 3.03. The number of pyridine rings is 2. The van der Waals surface area contributed by atoms with Gasteiger partial charge in [-0.15, -0.1) is 0 Å². The van der Waals surface area contributed by atoms with Crippen molar-refractivity contribution < 1.29 is 4.79 Å². The van der Waals surface area contributed by atoms with Gasteiger partial charge in [0.15, 0.2) is 0 Å². The van der Waals surface area contributed by atoms with E-state index in [4.69, 9.17) is 4.98 Å². The molecule has 4 bridgehead atoms. The summed E-state index contributed by atoms with van der Waals surface area (Å²) >= 11 is 3.56. The fourth-order valence-corrected chi connectivity index (χ4v) is 6.78. The Morgan fingerprint density at radius 3 is 2.40 bits per heavy atom. The number of nitrogens with zero attached hydrogens (tertiary/aromatic N) is 2. The first kappa shape index (κ1) is 18.5. The maximum Gasteiger partial charge on any atom is 0.252 e. The summed E-state index contributed by atoms with van der Waals surface area (Å²) in [6.07, 6.45) is 8.35. The summed E-state index contributed by atoms with van der Waals surface area (Å²) in [5, 5.41) is 4.35. The number of aromatic nitrogens is 2. The zero-order chi connectivity index (χ0) is 20.2. The quantitative estimate of drug-likeness (QED) is 0.550. The van der Waals surface area contributed by atoms with Crippen molar-refractivity contribution in [1.29, 1.82) is 0 Å². The minimum atomic E-state index is 0.0233. The Hall–Kier alpha value is -2.27. The van der Waals surface area contributed by atoms with Gasteiger partial charge in [0.2, 0.25) is 0 Å². The first-order valence-electron chi connectivity index (χ1n) is 11.0. The highest BCUT2D eigenvalue weighted by Crippen LogP contribution is 2.53. The number of nitrogens with one attached hydrogen (secondary N) is 1. The maximum atomic E-state index is 13.6. The van der Waals surface area contributed by atoms with Gasteiger partial charge in [0.1, 0.15) is 0 Å². The van der Waals surface area contributed by atoms with Gasteiger partial charge in [0, 0.05) is 22.1 Å². The van der Waals surface area contributed by atoms with E-state index in [2.05, 4.69) is 26.2 Å². The van der Waals surface area contributed by atoms with Gasteiger partial charge >= 0.3 is 0 Å². The van der Waals surface area contributed by atoms with Crippen LogP contribution in [-0.2, 0) is 0 Å². The lowest BCUT2D eigenvalue weighted by molar-refractivity contribution is -0.0119. The van der Waals surface area contributed by atoms with Crippen molar-refractivity contribution in [3.05, 3.63) is 58.7 Å². The molecular formula is C25H24BrN3O. The number of hydrogen-bond donors (Lipinski definition) is 1. The molecule has 0 saturated heterocycles. The van der Waals surface area contributed by atoms with Gasteiger partial charge in [0.25, 0.3) is 5.91 Å². The Bertz CT molecular complexity index is 1100. The molecular weight excluding hydrogens is 438 g/mol. The molecule has 0 aliphatic heterocycles. The highest BCUT2D eigenvalue weighted by atomic mass is 79.9. The van der Waals surface area contributed by atoms with Crippen molar-refractivity contribution in [3.8, 4) is 11.4 Å². The Labute approximate surface area is 184 Å². The summed E-state index contributed by atoms with van der Waals surface area (Å²) in [6, 6.07) is 13.9. The van der Waals surface area contributed by atoms with E-state index in [0.29, 0.717) is 23.4 Å². The third-order valence-electron chi connectivity index (χ3n) is 7.47. The van der Waals surface area contributed by atoms with Crippen LogP contribution in [0.3, 0.4) is 0 Å². The zero-order valence-electron chi connectivity index (χ0n) is 16.7. The Morgan fingerprint density at radius 2 is 1.70 bits per heavy atom. The topological polar surface area (TPSA) is 54.9 Å². The molecule has 0 radical (unpaired) electrons. The van der Waals surface area contributed by atoms with Crippen LogP contribution in [0.5, 0.6) is 0 Å². The van der Waals surface area contributed by atoms with Gasteiger partial charge in [-0.25, -0.2) is 4.98 Å². The zero-order valence-corrected chi connectivity index (χ0v) is 18.3. The molecule has 0 unspecified atom stereocenters. The monoisotopic (exact) mass is 461 g/mol. The molecule has 0 atom stereocenters. The molecule has 4 fully saturated rings. The Kier molecular flexibility index (Phi) is 4.41. The number of benzene rings is 1. The van der Waals surface area contributed by atoms with Crippen LogP contribution in [0.25, 0.3) is 22.3 Å². The molecule has 3 aromatic rings. The Balaban J connectivity index is 1.39. The van der Waals surface area contributed by atoms with E-state index in [-0.39, 0.29) is 5.91 Å². The first-order valence-corrected chi connectivity index (χ1v) is 11.8. The van der Waals surface area contributed by atoms with Crippen molar-refractivity contribution in [2.75, 3.05) is 0 Å². The molecule has 1 amide bonds. The van der Waals surface area contributed by atoms with Crippen LogP contribution < -0.4 is 5.32 Å². The number of rotatable bonds is 3. The second-order valence-corrected chi connectivity index (χ2v) is 10.3. The average Bonchev–Trinajstić information content (AvgIpc) is 2.75. The Morgan fingerprint density at radius 1 is 0.933 bits per heavy atom. The van der Waals surface area contributed by atoms with E-state index in [1.54, 1.807) is 6.20 Å². The molecule has 2 aromatic heterocycles. The molecule has 0 spiro atoms. The predicted octanol–water partition coefficient (Wildman–Crippen LogP) is 5.61. The van der Waals surface area contributed by atoms with Crippen molar-refractivity contribution >= 4 is 32.7 Å². The van der Waals surface area contributed by atoms with Crippen molar-refractivity contribution in [3.63, 3.8) is 0 Å². The van der Waals surface area contributed by atoms with Crippen LogP contribution in [0.15, 0.2) is 53.1 Å². The molecule has 1 N–H and O–H groups in total. The number of fused-ring (bicyclic) bond motifs is 1. The third-order valence-corrected chi connectivity index (χ3v) is 7.96. The van der Waals surface area contributed by atoms with Crippen molar-refractivity contribution in [2.24, 2.45) is 23.7 Å². The number of carbonyl (C=O) groups is 1. The summed E-state index contributed by atoms with van der Waals surface area (Å²) in [4.78, 5) is 22.8. The molecule has 152 valence electrons. The molecule has 7 rings (SSSR count). The predicted molar refractivity (Wildman–Crippen MR) is 121 cm³/mol. The van der Waals surface area contributed by atoms with E-state index in [0.717, 1.165) is 38.6 Å². The molecule has 4 nitrogen and oxygen atoms in total. The number of hydrogen-bond acceptors (Lipinski definition) is 3. The molecule has 5 heteroatoms. The van der Waals surface area contributed by atoms with Crippen LogP contribution in [0.2, 0.25) is 0 Å². The normalized spacial score (nSPS) is 29.3. The van der Waals surface area contributed by atoms with Crippen molar-refractivity contribution in [2.45, 2.75) is 38.1 Å². The van der Waals surface area contributed by atoms with E-state index in [1.807, 2.05) is 42.5 Å². The first-order chi connectivity index (χ1) is 14.6. The van der Waals surface area contributed by atoms with Crippen LogP contribution in [0.1, 0.15) is 42.5 Å². The van der Waals surface area contributed by atoms with Crippen LogP contribution in [-0.4, -0.2) is 21.9 Å². The van der Waals surface area contributed by atoms with Gasteiger partial charge in [-0.3, -0.25) is 9.78 Å². The lowest BCUT2D eigenvalue weighted by atomic mass is 9.54. The second kappa shape index (κ2) is 7.16. The van der Waals surface area contributed by atoms with E-state index >= 15 is 0 Å². The highest BCUT2D eigenvalue weighted by Gasteiger charge is 2.48. The van der Waals surface area contributed by atoms with Crippen LogP contribution in [0, 0.1) is 23.7 Å². The smallest absolute Gasteiger partial charge is 0.252 e. The van der Waals surface area contributed by atoms with Gasteiger partial charge in [-0.2, -0.15) is 0 Å². The van der Waals surface area contributed by atoms with E-state index in [1.165, 1.54) is 32.1 Å². The highest BCUT2D eigenvalue weighted by molar-refractivity contribution is 9.10. The molecule has 4 aliphatic carbocycles. The van der Waals surface area contributed by atoms with E-state index in [9.17, 15) is 4.79 Å². The summed E-state index contributed by atoms with van der Waals surface area (Å²) < 4.78 is 0.950. The molecule has 2 heterocycles. The van der Waals surface area contributed by atoms with Crippen molar-refractivity contribution in [1.82, 2.24) is 15.3 Å². The standard InChI is InChI=1S/C25H24BrN3O/c26-18-4-5-21-19(12-18)20(13-23(28-21)22-3-1-2-6-27-22)25(30)29-24-16-8-14-7-15(10-16)11-17(24)9-14/h1-6,12-17,24H,7-11H2,(H,29,30). The van der Waals surface area contributed by atoms with Gasteiger partial charge in [-0.05, 0) is 92.2 Å². The van der Waals surface area contributed by atoms with Crippen LogP contribution >= 0.6 is 15.9 Å². The lowest BCUT2D eigenvalue weighted by Gasteiger charge is -2.54. The summed E-state index contributed by atoms with van der Waals surface area (Å²) in [6.45, 7) is 0. The summed E-state index contributed by atoms with van der Waals surface area (Å²) in [5.74, 6) is 3.12. The SMILES string of the molecule is O=C(NC1C2CC3CC(C2)CC1C3)c1cc(-c2ccccn2)nc2ccc(Br)cc12. The average molecular weight is 462 g/mol. The second-order valence-electron chi connectivity index (χ2n) is 9.36. The van der Waals surface area contributed by atoms with Crippen LogP contribution in [0.4, 0.5) is 0 Å². The van der Waals surface area contributed by atoms with Gasteiger partial charge < -0.3 is 5.32 Å². The maximum absolute atomic E-state index is 13.6. The molecule has 1 aromatic carbocycles. The fourth-order valence-electron chi connectivity index (χ4n) is 6.42.